The molecule has 0 saturated carbocycles. The molecular formula is C18H21BrN2. The van der Waals surface area contributed by atoms with Gasteiger partial charge in [0.05, 0.1) is 0 Å². The van der Waals surface area contributed by atoms with E-state index in [9.17, 15) is 0 Å². The van der Waals surface area contributed by atoms with Gasteiger partial charge in [0, 0.05) is 28.4 Å². The molecule has 2 aromatic carbocycles. The Hall–Kier alpha value is -1.32. The molecule has 0 aliphatic carbocycles. The van der Waals surface area contributed by atoms with Gasteiger partial charge in [0.25, 0.3) is 0 Å². The lowest BCUT2D eigenvalue weighted by Crippen LogP contribution is -2.30. The summed E-state index contributed by atoms with van der Waals surface area (Å²) in [5.74, 6) is 0.659. The molecule has 0 bridgehead atoms. The van der Waals surface area contributed by atoms with Crippen LogP contribution in [-0.4, -0.2) is 6.54 Å². The van der Waals surface area contributed by atoms with Gasteiger partial charge < -0.3 is 10.6 Å². The molecule has 1 unspecified atom stereocenters. The molecule has 1 heterocycles. The third kappa shape index (κ3) is 2.85. The predicted molar refractivity (Wildman–Crippen MR) is 93.1 cm³/mol. The van der Waals surface area contributed by atoms with Crippen molar-refractivity contribution >= 4 is 27.3 Å². The first-order valence-electron chi connectivity index (χ1n) is 7.46. The Morgan fingerprint density at radius 2 is 2.00 bits per heavy atom. The van der Waals surface area contributed by atoms with Gasteiger partial charge >= 0.3 is 0 Å². The zero-order chi connectivity index (χ0) is 15.0. The first-order chi connectivity index (χ1) is 10.1. The van der Waals surface area contributed by atoms with Crippen molar-refractivity contribution in [2.75, 3.05) is 11.4 Å². The number of hydrogen-bond donors (Lipinski definition) is 1. The summed E-state index contributed by atoms with van der Waals surface area (Å²) >= 11 is 3.66. The van der Waals surface area contributed by atoms with Crippen molar-refractivity contribution in [2.45, 2.75) is 26.3 Å². The van der Waals surface area contributed by atoms with Gasteiger partial charge in [0.15, 0.2) is 0 Å². The average molecular weight is 345 g/mol. The van der Waals surface area contributed by atoms with Crippen LogP contribution in [0.15, 0.2) is 46.9 Å². The number of nitrogens with two attached hydrogens (primary N) is 1. The lowest BCUT2D eigenvalue weighted by molar-refractivity contribution is 0.562. The lowest BCUT2D eigenvalue weighted by atomic mass is 9.93. The fourth-order valence-corrected chi connectivity index (χ4v) is 3.82. The number of rotatable bonds is 2. The smallest absolute Gasteiger partial charge is 0.0443 e. The summed E-state index contributed by atoms with van der Waals surface area (Å²) in [5, 5.41) is 0. The average Bonchev–Trinajstić information content (AvgIpc) is 2.45. The van der Waals surface area contributed by atoms with Crippen LogP contribution in [0, 0.1) is 5.92 Å². The minimum absolute atomic E-state index is 0.0426. The Labute approximate surface area is 135 Å². The van der Waals surface area contributed by atoms with E-state index in [0.29, 0.717) is 5.92 Å². The fraction of sp³-hybridized carbons (Fsp3) is 0.333. The minimum atomic E-state index is 0.0426. The van der Waals surface area contributed by atoms with Gasteiger partial charge in [-0.1, -0.05) is 47.1 Å². The Bertz CT molecular complexity index is 651. The molecule has 0 saturated heterocycles. The molecule has 0 fully saturated rings. The third-order valence-corrected chi connectivity index (χ3v) is 4.82. The highest BCUT2D eigenvalue weighted by Crippen LogP contribution is 2.37. The summed E-state index contributed by atoms with van der Waals surface area (Å²) in [6.07, 6.45) is 1.16. The van der Waals surface area contributed by atoms with Gasteiger partial charge in [-0.2, -0.15) is 0 Å². The third-order valence-electron chi connectivity index (χ3n) is 4.13. The second kappa shape index (κ2) is 5.82. The normalized spacial score (nSPS) is 19.2. The molecule has 0 spiro atoms. The van der Waals surface area contributed by atoms with Crippen molar-refractivity contribution in [2.24, 2.45) is 11.7 Å². The molecule has 1 aliphatic heterocycles. The van der Waals surface area contributed by atoms with Crippen molar-refractivity contribution < 1.29 is 0 Å². The molecule has 3 rings (SSSR count). The zero-order valence-electron chi connectivity index (χ0n) is 12.5. The summed E-state index contributed by atoms with van der Waals surface area (Å²) in [6, 6.07) is 15.2. The molecular weight excluding hydrogens is 324 g/mol. The van der Waals surface area contributed by atoms with Gasteiger partial charge in [-0.15, -0.1) is 0 Å². The van der Waals surface area contributed by atoms with E-state index in [1.807, 2.05) is 6.92 Å². The summed E-state index contributed by atoms with van der Waals surface area (Å²) in [5.41, 5.74) is 11.1. The molecule has 2 aromatic rings. The molecule has 110 valence electrons. The fourth-order valence-electron chi connectivity index (χ4n) is 3.09. The quantitative estimate of drug-likeness (QED) is 0.847. The molecule has 1 aliphatic rings. The Morgan fingerprint density at radius 3 is 2.71 bits per heavy atom. The maximum atomic E-state index is 6.00. The summed E-state index contributed by atoms with van der Waals surface area (Å²) in [6.45, 7) is 5.38. The largest absolute Gasteiger partial charge is 0.341 e. The van der Waals surface area contributed by atoms with Crippen molar-refractivity contribution in [1.82, 2.24) is 0 Å². The first-order valence-corrected chi connectivity index (χ1v) is 8.26. The molecule has 21 heavy (non-hydrogen) atoms. The Balaban J connectivity index is 2.03. The van der Waals surface area contributed by atoms with E-state index < -0.39 is 0 Å². The van der Waals surface area contributed by atoms with Crippen LogP contribution in [0.25, 0.3) is 0 Å². The number of anilines is 2. The van der Waals surface area contributed by atoms with Crippen LogP contribution in [0.5, 0.6) is 0 Å². The maximum absolute atomic E-state index is 6.00. The summed E-state index contributed by atoms with van der Waals surface area (Å²) in [7, 11) is 0. The number of hydrogen-bond acceptors (Lipinski definition) is 2. The molecule has 2 atom stereocenters. The van der Waals surface area contributed by atoms with Crippen molar-refractivity contribution in [3.8, 4) is 0 Å². The molecule has 3 heteroatoms. The van der Waals surface area contributed by atoms with Crippen molar-refractivity contribution in [1.29, 1.82) is 0 Å². The van der Waals surface area contributed by atoms with Crippen LogP contribution >= 0.6 is 15.9 Å². The monoisotopic (exact) mass is 344 g/mol. The van der Waals surface area contributed by atoms with E-state index in [1.165, 1.54) is 16.9 Å². The van der Waals surface area contributed by atoms with E-state index in [4.69, 9.17) is 5.73 Å². The highest BCUT2D eigenvalue weighted by Gasteiger charge is 2.23. The van der Waals surface area contributed by atoms with Crippen LogP contribution in [-0.2, 0) is 6.42 Å². The lowest BCUT2D eigenvalue weighted by Gasteiger charge is -2.35. The van der Waals surface area contributed by atoms with Gasteiger partial charge in [-0.25, -0.2) is 0 Å². The van der Waals surface area contributed by atoms with E-state index in [0.717, 1.165) is 23.0 Å². The SMILES string of the molecule is CC1Cc2ccccc2N(c2ccc([C@H](C)N)c(Br)c2)C1. The van der Waals surface area contributed by atoms with Crippen molar-refractivity contribution in [3.05, 3.63) is 58.1 Å². The number of fused-ring (bicyclic) bond motifs is 1. The van der Waals surface area contributed by atoms with Gasteiger partial charge in [-0.3, -0.25) is 0 Å². The molecule has 0 radical (unpaired) electrons. The molecule has 2 N–H and O–H groups in total. The standard InChI is InChI=1S/C18H21BrN2/c1-12-9-14-5-3-4-6-18(14)21(11-12)15-7-8-16(13(2)20)17(19)10-15/h3-8,10,12-13H,9,11,20H2,1-2H3/t12?,13-/m0/s1. The maximum Gasteiger partial charge on any atom is 0.0443 e. The number of halogens is 1. The number of nitrogens with zero attached hydrogens (tertiary/aromatic N) is 1. The van der Waals surface area contributed by atoms with Crippen molar-refractivity contribution in [3.63, 3.8) is 0 Å². The number of para-hydroxylation sites is 1. The van der Waals surface area contributed by atoms with E-state index >= 15 is 0 Å². The van der Waals surface area contributed by atoms with Crippen LogP contribution < -0.4 is 10.6 Å². The van der Waals surface area contributed by atoms with Crippen LogP contribution in [0.4, 0.5) is 11.4 Å². The highest BCUT2D eigenvalue weighted by molar-refractivity contribution is 9.10. The van der Waals surface area contributed by atoms with Gasteiger partial charge in [-0.05, 0) is 48.6 Å². The highest BCUT2D eigenvalue weighted by atomic mass is 79.9. The molecule has 0 aromatic heterocycles. The summed E-state index contributed by atoms with van der Waals surface area (Å²) in [4.78, 5) is 2.42. The summed E-state index contributed by atoms with van der Waals surface area (Å²) < 4.78 is 1.09. The van der Waals surface area contributed by atoms with E-state index in [1.54, 1.807) is 0 Å². The van der Waals surface area contributed by atoms with Crippen LogP contribution in [0.3, 0.4) is 0 Å². The van der Waals surface area contributed by atoms with Crippen LogP contribution in [0.1, 0.15) is 31.0 Å². The Morgan fingerprint density at radius 1 is 1.24 bits per heavy atom. The second-order valence-electron chi connectivity index (χ2n) is 6.04. The molecule has 0 amide bonds. The van der Waals surface area contributed by atoms with Gasteiger partial charge in [0.1, 0.15) is 0 Å². The molecule has 2 nitrogen and oxygen atoms in total. The minimum Gasteiger partial charge on any atom is -0.341 e. The number of benzene rings is 2. The second-order valence-corrected chi connectivity index (χ2v) is 6.90. The Kier molecular flexibility index (Phi) is 4.05. The van der Waals surface area contributed by atoms with E-state index in [2.05, 4.69) is 70.2 Å². The zero-order valence-corrected chi connectivity index (χ0v) is 14.1. The topological polar surface area (TPSA) is 29.3 Å². The predicted octanol–water partition coefficient (Wildman–Crippen LogP) is 4.80. The first kappa shape index (κ1) is 14.6. The van der Waals surface area contributed by atoms with Crippen LogP contribution in [0.2, 0.25) is 0 Å². The van der Waals surface area contributed by atoms with Gasteiger partial charge in [0.2, 0.25) is 0 Å². The van der Waals surface area contributed by atoms with E-state index in [-0.39, 0.29) is 6.04 Å².